The molecule has 0 atom stereocenters. The molecule has 1 saturated heterocycles. The summed E-state index contributed by atoms with van der Waals surface area (Å²) < 4.78 is 88.1. The van der Waals surface area contributed by atoms with Crippen molar-refractivity contribution in [1.82, 2.24) is 4.31 Å². The highest BCUT2D eigenvalue weighted by Crippen LogP contribution is 2.32. The van der Waals surface area contributed by atoms with Crippen molar-refractivity contribution in [3.8, 4) is 5.75 Å². The average molecular weight is 371 g/mol. The highest BCUT2D eigenvalue weighted by molar-refractivity contribution is 7.89. The molecule has 0 bridgehead atoms. The van der Waals surface area contributed by atoms with E-state index < -0.39 is 39.5 Å². The van der Waals surface area contributed by atoms with E-state index in [4.69, 9.17) is 9.47 Å². The van der Waals surface area contributed by atoms with Gasteiger partial charge in [0.15, 0.2) is 0 Å². The Bertz CT molecular complexity index is 672. The zero-order valence-corrected chi connectivity index (χ0v) is 13.7. The Kier molecular flexibility index (Phi) is 5.71. The topological polar surface area (TPSA) is 55.8 Å². The standard InChI is InChI=1S/C14H17F4NO4S/c1-22-12-3-2-10(15)8-13(12)24(20,21)19(9-14(16,17)18)11-4-6-23-7-5-11/h2-3,8,11H,4-7,9H2,1H3. The van der Waals surface area contributed by atoms with Crippen molar-refractivity contribution in [3.63, 3.8) is 0 Å². The molecule has 1 aromatic rings. The van der Waals surface area contributed by atoms with Gasteiger partial charge in [-0.05, 0) is 31.0 Å². The molecule has 0 radical (unpaired) electrons. The number of alkyl halides is 3. The maximum Gasteiger partial charge on any atom is 0.402 e. The zero-order valence-electron chi connectivity index (χ0n) is 12.8. The highest BCUT2D eigenvalue weighted by atomic mass is 32.2. The summed E-state index contributed by atoms with van der Waals surface area (Å²) in [4.78, 5) is -0.624. The third-order valence-electron chi connectivity index (χ3n) is 3.65. The van der Waals surface area contributed by atoms with E-state index in [0.717, 1.165) is 19.2 Å². The molecule has 0 N–H and O–H groups in total. The molecule has 1 aliphatic rings. The maximum absolute atomic E-state index is 13.5. The number of benzene rings is 1. The summed E-state index contributed by atoms with van der Waals surface area (Å²) in [6.45, 7) is -1.33. The molecule has 0 amide bonds. The molecule has 0 saturated carbocycles. The molecule has 0 spiro atoms. The summed E-state index contributed by atoms with van der Waals surface area (Å²) in [6.07, 6.45) is -4.47. The van der Waals surface area contributed by atoms with E-state index in [2.05, 4.69) is 0 Å². The van der Waals surface area contributed by atoms with Crippen LogP contribution in [0.5, 0.6) is 5.75 Å². The molecule has 1 heterocycles. The summed E-state index contributed by atoms with van der Waals surface area (Å²) in [6, 6.07) is 1.83. The fourth-order valence-electron chi connectivity index (χ4n) is 2.54. The number of hydrogen-bond acceptors (Lipinski definition) is 4. The third kappa shape index (κ3) is 4.37. The van der Waals surface area contributed by atoms with E-state index in [1.807, 2.05) is 0 Å². The lowest BCUT2D eigenvalue weighted by Gasteiger charge is -2.34. The third-order valence-corrected chi connectivity index (χ3v) is 5.57. The van der Waals surface area contributed by atoms with Crippen molar-refractivity contribution in [2.45, 2.75) is 30.0 Å². The lowest BCUT2D eigenvalue weighted by molar-refractivity contribution is -0.141. The molecule has 1 aromatic carbocycles. The average Bonchev–Trinajstić information content (AvgIpc) is 2.52. The number of nitrogens with zero attached hydrogens (tertiary/aromatic N) is 1. The van der Waals surface area contributed by atoms with Crippen molar-refractivity contribution in [1.29, 1.82) is 0 Å². The monoisotopic (exact) mass is 371 g/mol. The van der Waals surface area contributed by atoms with Gasteiger partial charge in [-0.2, -0.15) is 17.5 Å². The molecule has 10 heteroatoms. The lowest BCUT2D eigenvalue weighted by Crippen LogP contribution is -2.47. The quantitative estimate of drug-likeness (QED) is 0.747. The minimum absolute atomic E-state index is 0.132. The van der Waals surface area contributed by atoms with Crippen LogP contribution >= 0.6 is 0 Å². The predicted octanol–water partition coefficient (Wildman–Crippen LogP) is 2.57. The van der Waals surface area contributed by atoms with Gasteiger partial charge in [0.05, 0.1) is 7.11 Å². The first-order valence-electron chi connectivity index (χ1n) is 7.15. The molecular formula is C14H17F4NO4S. The van der Waals surface area contributed by atoms with Crippen LogP contribution in [0.2, 0.25) is 0 Å². The Morgan fingerprint density at radius 2 is 1.92 bits per heavy atom. The number of hydrogen-bond donors (Lipinski definition) is 0. The van der Waals surface area contributed by atoms with Crippen LogP contribution < -0.4 is 4.74 Å². The van der Waals surface area contributed by atoms with Crippen molar-refractivity contribution in [3.05, 3.63) is 24.0 Å². The number of sulfonamides is 1. The van der Waals surface area contributed by atoms with E-state index in [1.54, 1.807) is 0 Å². The predicted molar refractivity (Wildman–Crippen MR) is 76.7 cm³/mol. The first kappa shape index (κ1) is 18.9. The number of halogens is 4. The zero-order chi connectivity index (χ0) is 18.0. The number of rotatable bonds is 5. The van der Waals surface area contributed by atoms with Crippen molar-refractivity contribution in [2.24, 2.45) is 0 Å². The molecule has 2 rings (SSSR count). The van der Waals surface area contributed by atoms with Crippen LogP contribution in [0.15, 0.2) is 23.1 Å². The fourth-order valence-corrected chi connectivity index (χ4v) is 4.38. The Balaban J connectivity index is 2.48. The van der Waals surface area contributed by atoms with E-state index in [-0.39, 0.29) is 31.8 Å². The van der Waals surface area contributed by atoms with Crippen molar-refractivity contribution in [2.75, 3.05) is 26.9 Å². The van der Waals surface area contributed by atoms with Crippen molar-refractivity contribution < 1.29 is 35.5 Å². The molecule has 1 aliphatic heterocycles. The van der Waals surface area contributed by atoms with Gasteiger partial charge in [0.1, 0.15) is 23.0 Å². The molecule has 24 heavy (non-hydrogen) atoms. The van der Waals surface area contributed by atoms with Crippen LogP contribution in [0, 0.1) is 5.82 Å². The first-order chi connectivity index (χ1) is 11.1. The van der Waals surface area contributed by atoms with Gasteiger partial charge in [0, 0.05) is 19.3 Å². The van der Waals surface area contributed by atoms with Crippen LogP contribution in [0.25, 0.3) is 0 Å². The summed E-state index contributed by atoms with van der Waals surface area (Å²) in [5, 5.41) is 0. The Hall–Kier alpha value is -1.39. The highest BCUT2D eigenvalue weighted by Gasteiger charge is 2.42. The van der Waals surface area contributed by atoms with Crippen LogP contribution in [-0.4, -0.2) is 51.8 Å². The lowest BCUT2D eigenvalue weighted by atomic mass is 10.1. The summed E-state index contributed by atoms with van der Waals surface area (Å²) >= 11 is 0. The SMILES string of the molecule is COc1ccc(F)cc1S(=O)(=O)N(CC(F)(F)F)C1CCOCC1. The Labute approximate surface area is 137 Å². The molecule has 0 unspecified atom stereocenters. The van der Waals surface area contributed by atoms with E-state index in [9.17, 15) is 26.0 Å². The molecular weight excluding hydrogens is 354 g/mol. The Morgan fingerprint density at radius 1 is 1.29 bits per heavy atom. The molecule has 0 aliphatic carbocycles. The molecule has 136 valence electrons. The summed E-state index contributed by atoms with van der Waals surface area (Å²) in [7, 11) is -3.44. The maximum atomic E-state index is 13.5. The minimum atomic E-state index is -4.73. The first-order valence-corrected chi connectivity index (χ1v) is 8.59. The number of methoxy groups -OCH3 is 1. The van der Waals surface area contributed by atoms with E-state index in [1.165, 1.54) is 0 Å². The van der Waals surface area contributed by atoms with Gasteiger partial charge in [0.25, 0.3) is 0 Å². The second kappa shape index (κ2) is 7.24. The Morgan fingerprint density at radius 3 is 2.46 bits per heavy atom. The smallest absolute Gasteiger partial charge is 0.402 e. The van der Waals surface area contributed by atoms with Crippen LogP contribution in [0.1, 0.15) is 12.8 Å². The van der Waals surface area contributed by atoms with Crippen LogP contribution in [0.4, 0.5) is 17.6 Å². The van der Waals surface area contributed by atoms with Gasteiger partial charge in [-0.25, -0.2) is 12.8 Å². The van der Waals surface area contributed by atoms with Crippen LogP contribution in [0.3, 0.4) is 0 Å². The van der Waals surface area contributed by atoms with Crippen molar-refractivity contribution >= 4 is 10.0 Å². The second-order valence-corrected chi connectivity index (χ2v) is 7.16. The van der Waals surface area contributed by atoms with Crippen LogP contribution in [-0.2, 0) is 14.8 Å². The van der Waals surface area contributed by atoms with Gasteiger partial charge in [-0.1, -0.05) is 0 Å². The van der Waals surface area contributed by atoms with E-state index >= 15 is 0 Å². The minimum Gasteiger partial charge on any atom is -0.495 e. The summed E-state index contributed by atoms with van der Waals surface area (Å²) in [5.74, 6) is -1.09. The van der Waals surface area contributed by atoms with Gasteiger partial charge in [-0.15, -0.1) is 0 Å². The van der Waals surface area contributed by atoms with Gasteiger partial charge in [0.2, 0.25) is 10.0 Å². The van der Waals surface area contributed by atoms with E-state index in [0.29, 0.717) is 10.4 Å². The van der Waals surface area contributed by atoms with Gasteiger partial charge in [-0.3, -0.25) is 0 Å². The van der Waals surface area contributed by atoms with Gasteiger partial charge >= 0.3 is 6.18 Å². The second-order valence-electron chi connectivity index (χ2n) is 5.30. The number of ether oxygens (including phenoxy) is 2. The fraction of sp³-hybridized carbons (Fsp3) is 0.571. The normalized spacial score (nSPS) is 17.2. The molecule has 5 nitrogen and oxygen atoms in total. The largest absolute Gasteiger partial charge is 0.495 e. The molecule has 0 aromatic heterocycles. The summed E-state index contributed by atoms with van der Waals surface area (Å²) in [5.41, 5.74) is 0. The van der Waals surface area contributed by atoms with Gasteiger partial charge < -0.3 is 9.47 Å². The molecule has 1 fully saturated rings.